The second-order valence-corrected chi connectivity index (χ2v) is 7.88. The van der Waals surface area contributed by atoms with E-state index in [1.807, 2.05) is 0 Å². The first-order valence-electron chi connectivity index (χ1n) is 6.48. The van der Waals surface area contributed by atoms with Gasteiger partial charge in [0.25, 0.3) is 16.0 Å². The highest BCUT2D eigenvalue weighted by molar-refractivity contribution is 7.91. The SMILES string of the molecule is CC(=O)O.NC(=O)c1csc(S(=O)(=O)N2CCCC(N)C2)c1. The Kier molecular flexibility index (Phi) is 6.48. The van der Waals surface area contributed by atoms with E-state index in [4.69, 9.17) is 21.4 Å². The molecule has 5 N–H and O–H groups in total. The van der Waals surface area contributed by atoms with Crippen molar-refractivity contribution in [1.82, 2.24) is 4.31 Å². The summed E-state index contributed by atoms with van der Waals surface area (Å²) in [7, 11) is -3.54. The number of hydrogen-bond acceptors (Lipinski definition) is 6. The summed E-state index contributed by atoms with van der Waals surface area (Å²) in [6.45, 7) is 1.88. The molecule has 1 aliphatic rings. The minimum Gasteiger partial charge on any atom is -0.481 e. The van der Waals surface area contributed by atoms with E-state index < -0.39 is 21.9 Å². The molecule has 1 fully saturated rings. The third-order valence-electron chi connectivity index (χ3n) is 2.87. The Morgan fingerprint density at radius 3 is 2.50 bits per heavy atom. The average molecular weight is 349 g/mol. The molecule has 0 aliphatic carbocycles. The van der Waals surface area contributed by atoms with E-state index in [2.05, 4.69) is 0 Å². The quantitative estimate of drug-likeness (QED) is 0.703. The van der Waals surface area contributed by atoms with Crippen molar-refractivity contribution in [3.05, 3.63) is 17.0 Å². The van der Waals surface area contributed by atoms with Crippen molar-refractivity contribution < 1.29 is 23.1 Å². The number of nitrogens with zero attached hydrogens (tertiary/aromatic N) is 1. The molecular weight excluding hydrogens is 330 g/mol. The molecule has 1 amide bonds. The predicted molar refractivity (Wildman–Crippen MR) is 82.1 cm³/mol. The van der Waals surface area contributed by atoms with E-state index in [0.29, 0.717) is 13.1 Å². The van der Waals surface area contributed by atoms with Crippen LogP contribution in [0.15, 0.2) is 15.7 Å². The molecule has 10 heteroatoms. The lowest BCUT2D eigenvalue weighted by Gasteiger charge is -2.29. The van der Waals surface area contributed by atoms with Crippen molar-refractivity contribution >= 4 is 33.2 Å². The van der Waals surface area contributed by atoms with Crippen LogP contribution in [0, 0.1) is 0 Å². The number of carboxylic acids is 1. The highest BCUT2D eigenvalue weighted by atomic mass is 32.2. The van der Waals surface area contributed by atoms with Gasteiger partial charge in [-0.3, -0.25) is 9.59 Å². The van der Waals surface area contributed by atoms with Gasteiger partial charge < -0.3 is 16.6 Å². The normalized spacial score (nSPS) is 19.1. The number of aliphatic carboxylic acids is 1. The van der Waals surface area contributed by atoms with Crippen molar-refractivity contribution in [2.75, 3.05) is 13.1 Å². The Labute approximate surface area is 132 Å². The number of piperidine rings is 1. The Morgan fingerprint density at radius 2 is 2.05 bits per heavy atom. The molecule has 8 nitrogen and oxygen atoms in total. The molecule has 1 aromatic rings. The zero-order valence-electron chi connectivity index (χ0n) is 12.1. The number of carboxylic acid groups (broad SMARTS) is 1. The molecule has 22 heavy (non-hydrogen) atoms. The van der Waals surface area contributed by atoms with E-state index in [9.17, 15) is 13.2 Å². The standard InChI is InChI=1S/C10H15N3O3S2.C2H4O2/c11-8-2-1-3-13(5-8)18(15,16)9-4-7(6-17-9)10(12)14;1-2(3)4/h4,6,8H,1-3,5,11H2,(H2,12,14);1H3,(H,3,4). The van der Waals surface area contributed by atoms with Crippen LogP contribution in [0.4, 0.5) is 0 Å². The van der Waals surface area contributed by atoms with Crippen molar-refractivity contribution in [3.8, 4) is 0 Å². The fourth-order valence-corrected chi connectivity index (χ4v) is 4.76. The Hall–Kier alpha value is -1.49. The van der Waals surface area contributed by atoms with E-state index in [1.165, 1.54) is 15.8 Å². The number of amides is 1. The smallest absolute Gasteiger partial charge is 0.300 e. The molecule has 0 aromatic carbocycles. The van der Waals surface area contributed by atoms with Crippen LogP contribution in [-0.4, -0.2) is 48.8 Å². The number of rotatable bonds is 3. The molecule has 2 heterocycles. The molecule has 2 rings (SSSR count). The van der Waals surface area contributed by atoms with Crippen LogP contribution in [0.1, 0.15) is 30.1 Å². The Morgan fingerprint density at radius 1 is 1.45 bits per heavy atom. The second kappa shape index (κ2) is 7.68. The number of sulfonamides is 1. The van der Waals surface area contributed by atoms with Crippen LogP contribution >= 0.6 is 11.3 Å². The van der Waals surface area contributed by atoms with Gasteiger partial charge >= 0.3 is 0 Å². The summed E-state index contributed by atoms with van der Waals surface area (Å²) in [6, 6.07) is 1.20. The lowest BCUT2D eigenvalue weighted by atomic mass is 10.1. The van der Waals surface area contributed by atoms with Crippen LogP contribution in [-0.2, 0) is 14.8 Å². The summed E-state index contributed by atoms with van der Waals surface area (Å²) >= 11 is 1.01. The first-order valence-corrected chi connectivity index (χ1v) is 8.80. The molecule has 0 bridgehead atoms. The molecule has 124 valence electrons. The summed E-state index contributed by atoms with van der Waals surface area (Å²) in [5.41, 5.74) is 11.1. The summed E-state index contributed by atoms with van der Waals surface area (Å²) in [4.78, 5) is 20.0. The van der Waals surface area contributed by atoms with Gasteiger partial charge in [-0.25, -0.2) is 8.42 Å². The van der Waals surface area contributed by atoms with Gasteiger partial charge in [-0.2, -0.15) is 4.31 Å². The van der Waals surface area contributed by atoms with E-state index in [0.717, 1.165) is 31.1 Å². The Bertz CT molecular complexity index is 637. The molecule has 1 aromatic heterocycles. The van der Waals surface area contributed by atoms with Gasteiger partial charge in [0.15, 0.2) is 0 Å². The number of hydrogen-bond donors (Lipinski definition) is 3. The molecule has 0 saturated carbocycles. The van der Waals surface area contributed by atoms with Crippen molar-refractivity contribution in [1.29, 1.82) is 0 Å². The van der Waals surface area contributed by atoms with Gasteiger partial charge in [0.1, 0.15) is 4.21 Å². The van der Waals surface area contributed by atoms with Crippen molar-refractivity contribution in [3.63, 3.8) is 0 Å². The maximum atomic E-state index is 12.3. The number of carbonyl (C=O) groups is 2. The van der Waals surface area contributed by atoms with Gasteiger partial charge in [-0.05, 0) is 18.9 Å². The molecule has 1 saturated heterocycles. The molecule has 1 unspecified atom stereocenters. The monoisotopic (exact) mass is 349 g/mol. The lowest BCUT2D eigenvalue weighted by molar-refractivity contribution is -0.134. The first-order chi connectivity index (χ1) is 10.1. The summed E-state index contributed by atoms with van der Waals surface area (Å²) < 4.78 is 26.1. The highest BCUT2D eigenvalue weighted by Crippen LogP contribution is 2.25. The largest absolute Gasteiger partial charge is 0.481 e. The molecule has 1 atom stereocenters. The maximum Gasteiger partial charge on any atom is 0.300 e. The fraction of sp³-hybridized carbons (Fsp3) is 0.500. The van der Waals surface area contributed by atoms with Gasteiger partial charge in [0, 0.05) is 31.4 Å². The first kappa shape index (κ1) is 18.6. The van der Waals surface area contributed by atoms with Gasteiger partial charge in [0.05, 0.1) is 5.56 Å². The minimum atomic E-state index is -3.54. The van der Waals surface area contributed by atoms with Crippen LogP contribution in [0.25, 0.3) is 0 Å². The van der Waals surface area contributed by atoms with E-state index in [-0.39, 0.29) is 15.8 Å². The predicted octanol–water partition coefficient (Wildman–Crippen LogP) is 0.0497. The van der Waals surface area contributed by atoms with Crippen LogP contribution in [0.2, 0.25) is 0 Å². The Balaban J connectivity index is 0.000000541. The lowest BCUT2D eigenvalue weighted by Crippen LogP contribution is -2.45. The van der Waals surface area contributed by atoms with Crippen molar-refractivity contribution in [2.45, 2.75) is 30.0 Å². The van der Waals surface area contributed by atoms with E-state index >= 15 is 0 Å². The third-order valence-corrected chi connectivity index (χ3v) is 6.15. The van der Waals surface area contributed by atoms with Crippen LogP contribution in [0.3, 0.4) is 0 Å². The maximum absolute atomic E-state index is 12.3. The number of carbonyl (C=O) groups excluding carboxylic acids is 1. The molecule has 0 radical (unpaired) electrons. The minimum absolute atomic E-state index is 0.121. The number of thiophene rings is 1. The van der Waals surface area contributed by atoms with Crippen LogP contribution < -0.4 is 11.5 Å². The second-order valence-electron chi connectivity index (χ2n) is 4.80. The topological polar surface area (TPSA) is 144 Å². The van der Waals surface area contributed by atoms with Crippen molar-refractivity contribution in [2.24, 2.45) is 11.5 Å². The molecule has 1 aliphatic heterocycles. The summed E-state index contributed by atoms with van der Waals surface area (Å²) in [5, 5.41) is 8.87. The zero-order valence-corrected chi connectivity index (χ0v) is 13.7. The molecule has 0 spiro atoms. The highest BCUT2D eigenvalue weighted by Gasteiger charge is 2.30. The number of primary amides is 1. The van der Waals surface area contributed by atoms with Gasteiger partial charge in [0.2, 0.25) is 5.91 Å². The average Bonchev–Trinajstić information content (AvgIpc) is 2.88. The fourth-order valence-electron chi connectivity index (χ4n) is 1.90. The number of nitrogens with two attached hydrogens (primary N) is 2. The van der Waals surface area contributed by atoms with E-state index in [1.54, 1.807) is 0 Å². The van der Waals surface area contributed by atoms with Gasteiger partial charge in [-0.1, -0.05) is 0 Å². The summed E-state index contributed by atoms with van der Waals surface area (Å²) in [5.74, 6) is -1.46. The third kappa shape index (κ3) is 5.05. The summed E-state index contributed by atoms with van der Waals surface area (Å²) in [6.07, 6.45) is 1.59. The molecular formula is C12H19N3O5S2. The zero-order chi connectivity index (χ0) is 16.9. The van der Waals surface area contributed by atoms with Crippen LogP contribution in [0.5, 0.6) is 0 Å². The van der Waals surface area contributed by atoms with Gasteiger partial charge in [-0.15, -0.1) is 11.3 Å².